The fourth-order valence-electron chi connectivity index (χ4n) is 5.53. The molecule has 0 saturated carbocycles. The number of carbonyl (C=O) groups is 1. The average molecular weight is 646 g/mol. The van der Waals surface area contributed by atoms with Gasteiger partial charge in [-0.2, -0.15) is 0 Å². The predicted molar refractivity (Wildman–Crippen MR) is 199 cm³/mol. The van der Waals surface area contributed by atoms with Crippen molar-refractivity contribution in [1.82, 2.24) is 5.32 Å². The number of aliphatic hydroxyl groups excluding tert-OH is 3. The summed E-state index contributed by atoms with van der Waals surface area (Å²) in [7, 11) is 0. The van der Waals surface area contributed by atoms with Crippen molar-refractivity contribution < 1.29 is 20.1 Å². The molecule has 5 nitrogen and oxygen atoms in total. The lowest BCUT2D eigenvalue weighted by Gasteiger charge is -2.20. The van der Waals surface area contributed by atoms with Crippen LogP contribution in [0.2, 0.25) is 0 Å². The third-order valence-corrected chi connectivity index (χ3v) is 8.57. The van der Waals surface area contributed by atoms with Crippen molar-refractivity contribution in [1.29, 1.82) is 0 Å². The minimum Gasteiger partial charge on any atom is -0.394 e. The number of aliphatic hydroxyl groups is 3. The zero-order valence-corrected chi connectivity index (χ0v) is 30.2. The molecule has 3 unspecified atom stereocenters. The van der Waals surface area contributed by atoms with Crippen molar-refractivity contribution in [3.63, 3.8) is 0 Å². The van der Waals surface area contributed by atoms with Crippen molar-refractivity contribution in [2.24, 2.45) is 0 Å². The van der Waals surface area contributed by atoms with Crippen molar-refractivity contribution >= 4 is 5.91 Å². The monoisotopic (exact) mass is 646 g/mol. The highest BCUT2D eigenvalue weighted by Gasteiger charge is 2.20. The lowest BCUT2D eigenvalue weighted by molar-refractivity contribution is -0.124. The Balaban J connectivity index is 3.78. The van der Waals surface area contributed by atoms with Crippen molar-refractivity contribution in [2.75, 3.05) is 6.61 Å². The third-order valence-electron chi connectivity index (χ3n) is 8.57. The summed E-state index contributed by atoms with van der Waals surface area (Å²) in [6.45, 7) is 4.12. The van der Waals surface area contributed by atoms with E-state index in [0.717, 1.165) is 57.8 Å². The first kappa shape index (κ1) is 44.3. The van der Waals surface area contributed by atoms with Crippen LogP contribution in [0.4, 0.5) is 0 Å². The molecule has 0 fully saturated rings. The first-order chi connectivity index (χ1) is 22.5. The standard InChI is InChI=1S/C41H75NO4/c1-3-5-7-9-11-13-14-15-16-17-18-19-20-21-22-23-24-25-27-29-31-33-35-40(45)39(37-43)42-41(46)36-38(44)34-32-30-28-26-12-10-8-6-4-2/h10,12,21-22,25,27,33,35,38-40,43-45H,3-9,11,13-20,23-24,26,28-32,34,36-37H2,1-2H3,(H,42,46)/b12-10-,22-21+,27-25+,35-33+. The van der Waals surface area contributed by atoms with E-state index >= 15 is 0 Å². The molecule has 0 saturated heterocycles. The largest absolute Gasteiger partial charge is 0.394 e. The van der Waals surface area contributed by atoms with Gasteiger partial charge in [0, 0.05) is 0 Å². The van der Waals surface area contributed by atoms with Gasteiger partial charge in [-0.3, -0.25) is 4.79 Å². The second-order valence-corrected chi connectivity index (χ2v) is 13.2. The number of carbonyl (C=O) groups excluding carboxylic acids is 1. The highest BCUT2D eigenvalue weighted by Crippen LogP contribution is 2.13. The number of unbranched alkanes of at least 4 members (excludes halogenated alkanes) is 19. The molecule has 0 heterocycles. The third kappa shape index (κ3) is 32.3. The quantitative estimate of drug-likeness (QED) is 0.0414. The number of rotatable bonds is 34. The topological polar surface area (TPSA) is 89.8 Å². The van der Waals surface area contributed by atoms with Crippen LogP contribution in [0.25, 0.3) is 0 Å². The van der Waals surface area contributed by atoms with E-state index in [1.165, 1.54) is 96.3 Å². The molecule has 3 atom stereocenters. The molecule has 4 N–H and O–H groups in total. The van der Waals surface area contributed by atoms with E-state index in [0.29, 0.717) is 6.42 Å². The van der Waals surface area contributed by atoms with Crippen LogP contribution in [-0.4, -0.2) is 46.1 Å². The molecule has 1 amide bonds. The molecule has 0 rings (SSSR count). The van der Waals surface area contributed by atoms with Crippen molar-refractivity contribution in [3.8, 4) is 0 Å². The second kappa shape index (κ2) is 36.2. The number of hydrogen-bond acceptors (Lipinski definition) is 4. The molecule has 0 aromatic heterocycles. The SMILES string of the molecule is CCCC/C=C\CCCCCC(O)CC(=O)NC(CO)C(O)/C=C/CC/C=C/CC/C=C/CCCCCCCCCCCCCC. The summed E-state index contributed by atoms with van der Waals surface area (Å²) in [5, 5.41) is 32.9. The van der Waals surface area contributed by atoms with Crippen LogP contribution in [-0.2, 0) is 4.79 Å². The summed E-state index contributed by atoms with van der Waals surface area (Å²) < 4.78 is 0. The Kier molecular flexibility index (Phi) is 34.8. The van der Waals surface area contributed by atoms with E-state index in [2.05, 4.69) is 55.6 Å². The van der Waals surface area contributed by atoms with Crippen LogP contribution in [0.15, 0.2) is 48.6 Å². The number of hydrogen-bond donors (Lipinski definition) is 4. The minimum absolute atomic E-state index is 0.0107. The van der Waals surface area contributed by atoms with Gasteiger partial charge in [0.05, 0.1) is 31.3 Å². The summed E-state index contributed by atoms with van der Waals surface area (Å²) in [6, 6.07) is -0.771. The molecule has 5 heteroatoms. The Morgan fingerprint density at radius 2 is 0.957 bits per heavy atom. The summed E-state index contributed by atoms with van der Waals surface area (Å²) >= 11 is 0. The van der Waals surface area contributed by atoms with Gasteiger partial charge in [0.1, 0.15) is 0 Å². The smallest absolute Gasteiger partial charge is 0.222 e. The number of amides is 1. The van der Waals surface area contributed by atoms with Gasteiger partial charge in [0.25, 0.3) is 0 Å². The van der Waals surface area contributed by atoms with Crippen molar-refractivity contribution in [3.05, 3.63) is 48.6 Å². The Morgan fingerprint density at radius 1 is 0.543 bits per heavy atom. The fraction of sp³-hybridized carbons (Fsp3) is 0.780. The van der Waals surface area contributed by atoms with E-state index in [4.69, 9.17) is 0 Å². The van der Waals surface area contributed by atoms with Gasteiger partial charge in [0.2, 0.25) is 5.91 Å². The molecule has 0 spiro atoms. The minimum atomic E-state index is -0.962. The molecule has 0 aromatic rings. The Hall–Kier alpha value is -1.69. The fourth-order valence-corrected chi connectivity index (χ4v) is 5.53. The highest BCUT2D eigenvalue weighted by atomic mass is 16.3. The molecule has 46 heavy (non-hydrogen) atoms. The molecule has 0 aromatic carbocycles. The Morgan fingerprint density at radius 3 is 1.46 bits per heavy atom. The summed E-state index contributed by atoms with van der Waals surface area (Å²) in [4.78, 5) is 12.3. The van der Waals surface area contributed by atoms with Crippen molar-refractivity contribution in [2.45, 2.75) is 199 Å². The number of nitrogens with one attached hydrogen (secondary N) is 1. The van der Waals surface area contributed by atoms with Crippen LogP contribution in [0, 0.1) is 0 Å². The maximum absolute atomic E-state index is 12.3. The molecule has 0 aliphatic carbocycles. The maximum atomic E-state index is 12.3. The normalized spacial score (nSPS) is 14.3. The molecule has 0 bridgehead atoms. The van der Waals surface area contributed by atoms with E-state index < -0.39 is 18.2 Å². The van der Waals surface area contributed by atoms with Crippen LogP contribution in [0.5, 0.6) is 0 Å². The Labute approximate surface area is 285 Å². The van der Waals surface area contributed by atoms with Crippen LogP contribution in [0.3, 0.4) is 0 Å². The Bertz CT molecular complexity index is 760. The van der Waals surface area contributed by atoms with Gasteiger partial charge in [-0.1, -0.05) is 159 Å². The summed E-state index contributed by atoms with van der Waals surface area (Å²) in [6.07, 6.45) is 45.4. The average Bonchev–Trinajstić information content (AvgIpc) is 3.05. The van der Waals surface area contributed by atoms with E-state index in [1.807, 2.05) is 6.08 Å². The molecule has 0 aliphatic rings. The van der Waals surface area contributed by atoms with Gasteiger partial charge in [-0.05, 0) is 64.2 Å². The molecule has 0 aliphatic heterocycles. The van der Waals surface area contributed by atoms with Crippen LogP contribution < -0.4 is 5.32 Å². The molecular formula is C41H75NO4. The lowest BCUT2D eigenvalue weighted by atomic mass is 10.0. The highest BCUT2D eigenvalue weighted by molar-refractivity contribution is 5.76. The van der Waals surface area contributed by atoms with Gasteiger partial charge >= 0.3 is 0 Å². The van der Waals surface area contributed by atoms with E-state index in [-0.39, 0.29) is 18.9 Å². The second-order valence-electron chi connectivity index (χ2n) is 13.2. The van der Waals surface area contributed by atoms with Gasteiger partial charge in [-0.25, -0.2) is 0 Å². The van der Waals surface area contributed by atoms with Crippen LogP contribution >= 0.6 is 0 Å². The van der Waals surface area contributed by atoms with Gasteiger partial charge in [0.15, 0.2) is 0 Å². The zero-order chi connectivity index (χ0) is 33.8. The zero-order valence-electron chi connectivity index (χ0n) is 30.2. The van der Waals surface area contributed by atoms with Gasteiger partial charge in [-0.15, -0.1) is 0 Å². The lowest BCUT2D eigenvalue weighted by Crippen LogP contribution is -2.45. The van der Waals surface area contributed by atoms with Crippen LogP contribution in [0.1, 0.15) is 181 Å². The predicted octanol–water partition coefficient (Wildman–Crippen LogP) is 10.6. The first-order valence-corrected chi connectivity index (χ1v) is 19.4. The van der Waals surface area contributed by atoms with Gasteiger partial charge < -0.3 is 20.6 Å². The summed E-state index contributed by atoms with van der Waals surface area (Å²) in [5.41, 5.74) is 0. The van der Waals surface area contributed by atoms with E-state index in [1.54, 1.807) is 6.08 Å². The summed E-state index contributed by atoms with van der Waals surface area (Å²) in [5.74, 6) is -0.344. The van der Waals surface area contributed by atoms with E-state index in [9.17, 15) is 20.1 Å². The molecule has 268 valence electrons. The molecule has 0 radical (unpaired) electrons. The number of allylic oxidation sites excluding steroid dienone is 7. The first-order valence-electron chi connectivity index (χ1n) is 19.4. The molecular weight excluding hydrogens is 570 g/mol. The maximum Gasteiger partial charge on any atom is 0.222 e.